The molecule has 1 unspecified atom stereocenters. The van der Waals surface area contributed by atoms with Gasteiger partial charge in [0.25, 0.3) is 0 Å². The number of nitrogens with two attached hydrogens (primary N) is 1. The SMILES string of the molecule is COCC(NN)c1cccc(C)n1. The van der Waals surface area contributed by atoms with Crippen molar-refractivity contribution in [2.75, 3.05) is 13.7 Å². The van der Waals surface area contributed by atoms with Gasteiger partial charge in [0.2, 0.25) is 0 Å². The molecule has 4 heteroatoms. The van der Waals surface area contributed by atoms with Crippen LogP contribution in [0.15, 0.2) is 18.2 Å². The molecule has 0 bridgehead atoms. The summed E-state index contributed by atoms with van der Waals surface area (Å²) in [4.78, 5) is 4.34. The van der Waals surface area contributed by atoms with E-state index in [9.17, 15) is 0 Å². The van der Waals surface area contributed by atoms with Gasteiger partial charge in [-0.2, -0.15) is 0 Å². The van der Waals surface area contributed by atoms with Crippen LogP contribution in [0.4, 0.5) is 0 Å². The first kappa shape index (κ1) is 10.1. The number of nitrogens with zero attached hydrogens (tertiary/aromatic N) is 1. The van der Waals surface area contributed by atoms with Crippen LogP contribution in [0.3, 0.4) is 0 Å². The zero-order valence-electron chi connectivity index (χ0n) is 7.95. The Morgan fingerprint density at radius 2 is 2.38 bits per heavy atom. The van der Waals surface area contributed by atoms with E-state index in [1.54, 1.807) is 7.11 Å². The van der Waals surface area contributed by atoms with Gasteiger partial charge in [-0.25, -0.2) is 5.43 Å². The Hall–Kier alpha value is -0.970. The van der Waals surface area contributed by atoms with E-state index in [0.717, 1.165) is 11.4 Å². The molecule has 3 N–H and O–H groups in total. The van der Waals surface area contributed by atoms with Crippen LogP contribution >= 0.6 is 0 Å². The lowest BCUT2D eigenvalue weighted by atomic mass is 10.2. The summed E-state index contributed by atoms with van der Waals surface area (Å²) in [5.74, 6) is 5.37. The lowest BCUT2D eigenvalue weighted by Crippen LogP contribution is -2.31. The number of hydrazine groups is 1. The van der Waals surface area contributed by atoms with Crippen LogP contribution in [0.5, 0.6) is 0 Å². The highest BCUT2D eigenvalue weighted by Gasteiger charge is 2.09. The molecule has 0 saturated heterocycles. The summed E-state index contributed by atoms with van der Waals surface area (Å²) in [7, 11) is 1.64. The Morgan fingerprint density at radius 1 is 1.62 bits per heavy atom. The van der Waals surface area contributed by atoms with E-state index in [0.29, 0.717) is 6.61 Å². The second-order valence-corrected chi connectivity index (χ2v) is 2.88. The lowest BCUT2D eigenvalue weighted by molar-refractivity contribution is 0.165. The van der Waals surface area contributed by atoms with Crippen molar-refractivity contribution in [3.63, 3.8) is 0 Å². The Balaban J connectivity index is 2.78. The zero-order chi connectivity index (χ0) is 9.68. The Bertz CT molecular complexity index is 265. The summed E-state index contributed by atoms with van der Waals surface area (Å²) < 4.78 is 5.01. The molecule has 1 heterocycles. The third-order valence-electron chi connectivity index (χ3n) is 1.80. The topological polar surface area (TPSA) is 60.2 Å². The summed E-state index contributed by atoms with van der Waals surface area (Å²) in [6.07, 6.45) is 0. The van der Waals surface area contributed by atoms with Crippen molar-refractivity contribution in [2.24, 2.45) is 5.84 Å². The molecule has 1 aromatic heterocycles. The Kier molecular flexibility index (Phi) is 3.82. The van der Waals surface area contributed by atoms with Gasteiger partial charge in [0.05, 0.1) is 18.3 Å². The van der Waals surface area contributed by atoms with Crippen molar-refractivity contribution in [1.29, 1.82) is 0 Å². The minimum absolute atomic E-state index is 0.0371. The molecule has 0 aliphatic rings. The first-order chi connectivity index (χ1) is 6.27. The number of pyridine rings is 1. The Labute approximate surface area is 78.1 Å². The molecule has 72 valence electrons. The summed E-state index contributed by atoms with van der Waals surface area (Å²) in [6.45, 7) is 2.47. The smallest absolute Gasteiger partial charge is 0.0865 e. The highest BCUT2D eigenvalue weighted by Crippen LogP contribution is 2.09. The van der Waals surface area contributed by atoms with Crippen LogP contribution in [-0.2, 0) is 4.74 Å². The summed E-state index contributed by atoms with van der Waals surface area (Å²) in [6, 6.07) is 5.79. The molecule has 0 spiro atoms. The minimum Gasteiger partial charge on any atom is -0.383 e. The summed E-state index contributed by atoms with van der Waals surface area (Å²) in [5.41, 5.74) is 4.55. The molecule has 0 amide bonds. The zero-order valence-corrected chi connectivity index (χ0v) is 7.95. The van der Waals surface area contributed by atoms with Crippen LogP contribution in [0.1, 0.15) is 17.4 Å². The lowest BCUT2D eigenvalue weighted by Gasteiger charge is -2.14. The fourth-order valence-corrected chi connectivity index (χ4v) is 1.14. The van der Waals surface area contributed by atoms with Crippen molar-refractivity contribution in [3.05, 3.63) is 29.6 Å². The van der Waals surface area contributed by atoms with Crippen LogP contribution < -0.4 is 11.3 Å². The molecule has 1 rings (SSSR count). The minimum atomic E-state index is -0.0371. The van der Waals surface area contributed by atoms with Crippen molar-refractivity contribution in [3.8, 4) is 0 Å². The summed E-state index contributed by atoms with van der Waals surface area (Å²) >= 11 is 0. The fraction of sp³-hybridized carbons (Fsp3) is 0.444. The molecule has 4 nitrogen and oxygen atoms in total. The van der Waals surface area contributed by atoms with Gasteiger partial charge in [-0.3, -0.25) is 10.8 Å². The maximum absolute atomic E-state index is 5.37. The van der Waals surface area contributed by atoms with E-state index in [1.165, 1.54) is 0 Å². The first-order valence-corrected chi connectivity index (χ1v) is 4.16. The standard InChI is InChI=1S/C9H15N3O/c1-7-4-3-5-8(11-7)9(12-10)6-13-2/h3-5,9,12H,6,10H2,1-2H3. The molecule has 0 aliphatic carbocycles. The molecule has 1 aromatic rings. The Morgan fingerprint density at radius 3 is 2.92 bits per heavy atom. The van der Waals surface area contributed by atoms with Gasteiger partial charge in [0.15, 0.2) is 0 Å². The molecule has 0 fully saturated rings. The van der Waals surface area contributed by atoms with Crippen molar-refractivity contribution in [2.45, 2.75) is 13.0 Å². The van der Waals surface area contributed by atoms with Gasteiger partial charge >= 0.3 is 0 Å². The van der Waals surface area contributed by atoms with Crippen molar-refractivity contribution < 1.29 is 4.74 Å². The van der Waals surface area contributed by atoms with Gasteiger partial charge in [-0.1, -0.05) is 6.07 Å². The van der Waals surface area contributed by atoms with Crippen LogP contribution in [0.2, 0.25) is 0 Å². The largest absolute Gasteiger partial charge is 0.383 e. The molecule has 13 heavy (non-hydrogen) atoms. The number of hydrogen-bond donors (Lipinski definition) is 2. The maximum atomic E-state index is 5.37. The predicted molar refractivity (Wildman–Crippen MR) is 50.9 cm³/mol. The second-order valence-electron chi connectivity index (χ2n) is 2.88. The monoisotopic (exact) mass is 181 g/mol. The third kappa shape index (κ3) is 2.77. The highest BCUT2D eigenvalue weighted by molar-refractivity contribution is 5.13. The highest BCUT2D eigenvalue weighted by atomic mass is 16.5. The number of aryl methyl sites for hydroxylation is 1. The molecule has 0 aliphatic heterocycles. The van der Waals surface area contributed by atoms with Crippen LogP contribution in [0, 0.1) is 6.92 Å². The molecular weight excluding hydrogens is 166 g/mol. The van der Waals surface area contributed by atoms with E-state index in [-0.39, 0.29) is 6.04 Å². The van der Waals surface area contributed by atoms with Gasteiger partial charge in [-0.15, -0.1) is 0 Å². The number of nitrogens with one attached hydrogen (secondary N) is 1. The second kappa shape index (κ2) is 4.91. The van der Waals surface area contributed by atoms with Gasteiger partial charge in [0, 0.05) is 12.8 Å². The van der Waals surface area contributed by atoms with E-state index in [4.69, 9.17) is 10.6 Å². The van der Waals surface area contributed by atoms with E-state index in [2.05, 4.69) is 10.4 Å². The number of methoxy groups -OCH3 is 1. The van der Waals surface area contributed by atoms with Crippen molar-refractivity contribution >= 4 is 0 Å². The van der Waals surface area contributed by atoms with Crippen LogP contribution in [-0.4, -0.2) is 18.7 Å². The maximum Gasteiger partial charge on any atom is 0.0865 e. The molecule has 1 atom stereocenters. The molecule has 0 aromatic carbocycles. The average Bonchev–Trinajstić information content (AvgIpc) is 2.14. The van der Waals surface area contributed by atoms with Gasteiger partial charge in [0.1, 0.15) is 0 Å². The first-order valence-electron chi connectivity index (χ1n) is 4.16. The molecule has 0 saturated carbocycles. The average molecular weight is 181 g/mol. The van der Waals surface area contributed by atoms with E-state index < -0.39 is 0 Å². The normalized spacial score (nSPS) is 12.8. The van der Waals surface area contributed by atoms with E-state index in [1.807, 2.05) is 25.1 Å². The third-order valence-corrected chi connectivity index (χ3v) is 1.80. The van der Waals surface area contributed by atoms with Gasteiger partial charge in [-0.05, 0) is 19.1 Å². The van der Waals surface area contributed by atoms with Crippen molar-refractivity contribution in [1.82, 2.24) is 10.4 Å². The van der Waals surface area contributed by atoms with Gasteiger partial charge < -0.3 is 4.74 Å². The van der Waals surface area contributed by atoms with Crippen LogP contribution in [0.25, 0.3) is 0 Å². The number of rotatable bonds is 4. The fourth-order valence-electron chi connectivity index (χ4n) is 1.14. The quantitative estimate of drug-likeness (QED) is 0.526. The molecule has 0 radical (unpaired) electrons. The predicted octanol–water partition coefficient (Wildman–Crippen LogP) is 0.541. The number of aromatic nitrogens is 1. The number of hydrogen-bond acceptors (Lipinski definition) is 4. The number of ether oxygens (including phenoxy) is 1. The van der Waals surface area contributed by atoms with E-state index >= 15 is 0 Å². The molecular formula is C9H15N3O. The summed E-state index contributed by atoms with van der Waals surface area (Å²) in [5, 5.41) is 0.